The van der Waals surface area contributed by atoms with E-state index in [1.54, 1.807) is 6.20 Å². The zero-order chi connectivity index (χ0) is 9.26. The van der Waals surface area contributed by atoms with Gasteiger partial charge < -0.3 is 5.73 Å². The van der Waals surface area contributed by atoms with Crippen LogP contribution in [0.4, 0.5) is 5.82 Å². The van der Waals surface area contributed by atoms with Crippen molar-refractivity contribution in [3.63, 3.8) is 0 Å². The van der Waals surface area contributed by atoms with Crippen LogP contribution in [0.2, 0.25) is 0 Å². The summed E-state index contributed by atoms with van der Waals surface area (Å²) < 4.78 is 4.46. The average Bonchev–Trinajstić information content (AvgIpc) is 2.53. The van der Waals surface area contributed by atoms with E-state index in [1.807, 2.05) is 19.1 Å². The Bertz CT molecular complexity index is 406. The molecule has 2 aromatic heterocycles. The molecule has 0 unspecified atom stereocenters. The molecule has 2 aromatic rings. The summed E-state index contributed by atoms with van der Waals surface area (Å²) >= 11 is 0. The number of hydrogen-bond donors (Lipinski definition) is 1. The summed E-state index contributed by atoms with van der Waals surface area (Å²) in [6.07, 6.45) is 1.74. The number of anilines is 1. The van der Waals surface area contributed by atoms with Crippen molar-refractivity contribution in [1.82, 2.24) is 15.3 Å². The largest absolute Gasteiger partial charge is 0.379 e. The number of nitrogens with zero attached hydrogens (tertiary/aromatic N) is 3. The lowest BCUT2D eigenvalue weighted by atomic mass is 10.2. The molecular weight excluding hydrogens is 168 g/mol. The van der Waals surface area contributed by atoms with Gasteiger partial charge in [-0.3, -0.25) is 4.98 Å². The van der Waals surface area contributed by atoms with E-state index in [0.29, 0.717) is 11.4 Å². The fraction of sp³-hybridized carbons (Fsp3) is 0.125. The van der Waals surface area contributed by atoms with Gasteiger partial charge in [0.15, 0.2) is 11.5 Å². The average molecular weight is 176 g/mol. The van der Waals surface area contributed by atoms with E-state index in [-0.39, 0.29) is 5.82 Å². The lowest BCUT2D eigenvalue weighted by molar-refractivity contribution is 0.310. The smallest absolute Gasteiger partial charge is 0.198 e. The zero-order valence-electron chi connectivity index (χ0n) is 7.06. The molecule has 0 radical (unpaired) electrons. The fourth-order valence-electron chi connectivity index (χ4n) is 0.981. The molecule has 0 atom stereocenters. The van der Waals surface area contributed by atoms with Crippen molar-refractivity contribution in [2.45, 2.75) is 6.92 Å². The molecule has 13 heavy (non-hydrogen) atoms. The third-order valence-corrected chi connectivity index (χ3v) is 1.67. The van der Waals surface area contributed by atoms with E-state index >= 15 is 0 Å². The van der Waals surface area contributed by atoms with Crippen LogP contribution in [0.5, 0.6) is 0 Å². The van der Waals surface area contributed by atoms with Crippen molar-refractivity contribution in [3.8, 4) is 11.4 Å². The van der Waals surface area contributed by atoms with Gasteiger partial charge in [0.25, 0.3) is 0 Å². The summed E-state index contributed by atoms with van der Waals surface area (Å²) in [4.78, 5) is 4.14. The molecule has 2 rings (SSSR count). The predicted molar refractivity (Wildman–Crippen MR) is 46.7 cm³/mol. The van der Waals surface area contributed by atoms with Crippen LogP contribution < -0.4 is 5.73 Å². The number of hydrogen-bond acceptors (Lipinski definition) is 5. The Morgan fingerprint density at radius 1 is 1.31 bits per heavy atom. The maximum absolute atomic E-state index is 5.50. The third kappa shape index (κ3) is 1.35. The maximum atomic E-state index is 5.50. The van der Waals surface area contributed by atoms with Gasteiger partial charge in [-0.15, -0.1) is 0 Å². The molecule has 2 heterocycles. The molecule has 2 N–H and O–H groups in total. The van der Waals surface area contributed by atoms with Crippen LogP contribution in [-0.2, 0) is 0 Å². The Kier molecular flexibility index (Phi) is 1.70. The summed E-state index contributed by atoms with van der Waals surface area (Å²) in [5, 5.41) is 7.11. The van der Waals surface area contributed by atoms with Crippen molar-refractivity contribution < 1.29 is 4.63 Å². The van der Waals surface area contributed by atoms with Crippen LogP contribution in [-0.4, -0.2) is 15.3 Å². The van der Waals surface area contributed by atoms with E-state index in [0.717, 1.165) is 5.56 Å². The Hall–Kier alpha value is -1.91. The van der Waals surface area contributed by atoms with Gasteiger partial charge in [-0.2, -0.15) is 0 Å². The Balaban J connectivity index is 2.47. The molecule has 0 saturated carbocycles. The molecule has 0 saturated heterocycles. The molecule has 0 aromatic carbocycles. The van der Waals surface area contributed by atoms with Crippen LogP contribution in [0.25, 0.3) is 11.4 Å². The van der Waals surface area contributed by atoms with Gasteiger partial charge in [-0.25, -0.2) is 4.63 Å². The molecular formula is C8H8N4O. The van der Waals surface area contributed by atoms with Crippen LogP contribution in [0, 0.1) is 6.92 Å². The lowest BCUT2D eigenvalue weighted by Crippen LogP contribution is -1.90. The zero-order valence-corrected chi connectivity index (χ0v) is 7.06. The van der Waals surface area contributed by atoms with Crippen LogP contribution in [0.1, 0.15) is 5.56 Å². The molecule has 0 aliphatic carbocycles. The van der Waals surface area contributed by atoms with Gasteiger partial charge in [-0.05, 0) is 28.9 Å². The predicted octanol–water partition coefficient (Wildman–Crippen LogP) is 1.02. The fourth-order valence-corrected chi connectivity index (χ4v) is 0.981. The number of aromatic nitrogens is 3. The van der Waals surface area contributed by atoms with Gasteiger partial charge in [0.1, 0.15) is 0 Å². The highest BCUT2D eigenvalue weighted by Crippen LogP contribution is 2.18. The van der Waals surface area contributed by atoms with E-state index in [4.69, 9.17) is 5.73 Å². The summed E-state index contributed by atoms with van der Waals surface area (Å²) in [7, 11) is 0. The molecule has 0 amide bonds. The van der Waals surface area contributed by atoms with Crippen molar-refractivity contribution in [2.75, 3.05) is 5.73 Å². The summed E-state index contributed by atoms with van der Waals surface area (Å²) in [5.74, 6) is 0.261. The first-order valence-electron chi connectivity index (χ1n) is 3.78. The van der Waals surface area contributed by atoms with Gasteiger partial charge in [0, 0.05) is 6.20 Å². The molecule has 0 bridgehead atoms. The molecule has 0 aliphatic rings. The normalized spacial score (nSPS) is 10.2. The molecule has 0 fully saturated rings. The van der Waals surface area contributed by atoms with Gasteiger partial charge in [0.05, 0.1) is 5.69 Å². The quantitative estimate of drug-likeness (QED) is 0.701. The lowest BCUT2D eigenvalue weighted by Gasteiger charge is -1.95. The second kappa shape index (κ2) is 2.85. The monoisotopic (exact) mass is 176 g/mol. The highest BCUT2D eigenvalue weighted by atomic mass is 16.6. The molecule has 5 heteroatoms. The first kappa shape index (κ1) is 7.72. The highest BCUT2D eigenvalue weighted by Gasteiger charge is 2.09. The number of aryl methyl sites for hydroxylation is 1. The summed E-state index contributed by atoms with van der Waals surface area (Å²) in [6.45, 7) is 1.96. The Morgan fingerprint density at radius 3 is 2.69 bits per heavy atom. The van der Waals surface area contributed by atoms with E-state index in [9.17, 15) is 0 Å². The number of nitrogen functional groups attached to an aromatic ring is 1. The van der Waals surface area contributed by atoms with Gasteiger partial charge in [0.2, 0.25) is 0 Å². The third-order valence-electron chi connectivity index (χ3n) is 1.67. The summed E-state index contributed by atoms with van der Waals surface area (Å²) in [5.41, 5.74) is 7.74. The molecule has 0 aliphatic heterocycles. The van der Waals surface area contributed by atoms with Crippen molar-refractivity contribution in [3.05, 3.63) is 23.9 Å². The number of nitrogens with two attached hydrogens (primary N) is 1. The highest BCUT2D eigenvalue weighted by molar-refractivity contribution is 5.65. The molecule has 66 valence electrons. The first-order valence-corrected chi connectivity index (χ1v) is 3.78. The summed E-state index contributed by atoms with van der Waals surface area (Å²) in [6, 6.07) is 3.75. The van der Waals surface area contributed by atoms with Gasteiger partial charge >= 0.3 is 0 Å². The number of pyridine rings is 1. The van der Waals surface area contributed by atoms with Crippen LogP contribution in [0.3, 0.4) is 0 Å². The minimum Gasteiger partial charge on any atom is -0.379 e. The molecule has 5 nitrogen and oxygen atoms in total. The standard InChI is InChI=1S/C8H8N4O/c1-5-2-3-6(10-4-5)7-8(9)12-13-11-7/h2-4H,1H3,(H2,9,12). The SMILES string of the molecule is Cc1ccc(-c2nonc2N)nc1. The maximum Gasteiger partial charge on any atom is 0.198 e. The topological polar surface area (TPSA) is 77.8 Å². The minimum atomic E-state index is 0.261. The minimum absolute atomic E-state index is 0.261. The van der Waals surface area contributed by atoms with Crippen molar-refractivity contribution >= 4 is 5.82 Å². The van der Waals surface area contributed by atoms with Crippen LogP contribution in [0.15, 0.2) is 23.0 Å². The second-order valence-corrected chi connectivity index (χ2v) is 2.72. The second-order valence-electron chi connectivity index (χ2n) is 2.72. The van der Waals surface area contributed by atoms with Crippen molar-refractivity contribution in [2.24, 2.45) is 0 Å². The Morgan fingerprint density at radius 2 is 2.15 bits per heavy atom. The first-order chi connectivity index (χ1) is 6.27. The van der Waals surface area contributed by atoms with E-state index in [2.05, 4.69) is 19.9 Å². The van der Waals surface area contributed by atoms with Crippen molar-refractivity contribution in [1.29, 1.82) is 0 Å². The van der Waals surface area contributed by atoms with Gasteiger partial charge in [-0.1, -0.05) is 6.07 Å². The Labute approximate surface area is 74.5 Å². The molecule has 0 spiro atoms. The van der Waals surface area contributed by atoms with Crippen LogP contribution >= 0.6 is 0 Å². The van der Waals surface area contributed by atoms with E-state index < -0.39 is 0 Å². The van der Waals surface area contributed by atoms with E-state index in [1.165, 1.54) is 0 Å². The number of rotatable bonds is 1.